The normalized spacial score (nSPS) is 37.4. The van der Waals surface area contributed by atoms with E-state index in [1.165, 1.54) is 19.3 Å². The molecule has 0 saturated heterocycles. The summed E-state index contributed by atoms with van der Waals surface area (Å²) in [5.41, 5.74) is 0. The van der Waals surface area contributed by atoms with Gasteiger partial charge in [0.2, 0.25) is 0 Å². The summed E-state index contributed by atoms with van der Waals surface area (Å²) in [7, 11) is 0. The minimum atomic E-state index is 0.249. The Labute approximate surface area is 81.7 Å². The summed E-state index contributed by atoms with van der Waals surface area (Å²) >= 11 is 0. The fraction of sp³-hybridized carbons (Fsp3) is 1.00. The molecule has 0 bridgehead atoms. The number of hydrogen-bond acceptors (Lipinski definition) is 2. The Hall–Kier alpha value is -0.0800. The molecule has 0 aromatic carbocycles. The average molecular weight is 185 g/mol. The van der Waals surface area contributed by atoms with E-state index in [2.05, 4.69) is 19.2 Å². The lowest BCUT2D eigenvalue weighted by Gasteiger charge is -2.34. The zero-order valence-electron chi connectivity index (χ0n) is 9.09. The van der Waals surface area contributed by atoms with Crippen LogP contribution in [0.3, 0.4) is 0 Å². The first-order valence-electron chi connectivity index (χ1n) is 5.50. The molecule has 4 atom stereocenters. The highest BCUT2D eigenvalue weighted by Crippen LogP contribution is 2.28. The molecule has 0 aromatic rings. The van der Waals surface area contributed by atoms with Gasteiger partial charge in [-0.2, -0.15) is 0 Å². The summed E-state index contributed by atoms with van der Waals surface area (Å²) in [5, 5.41) is 12.4. The van der Waals surface area contributed by atoms with Crippen LogP contribution in [0.1, 0.15) is 40.0 Å². The number of aliphatic hydroxyl groups is 1. The van der Waals surface area contributed by atoms with Crippen LogP contribution in [-0.4, -0.2) is 23.8 Å². The van der Waals surface area contributed by atoms with Crippen molar-refractivity contribution in [3.8, 4) is 0 Å². The molecule has 2 heteroatoms. The SMILES string of the molecule is CC1CCC(N[C@H](C)CO)C(C)C1. The van der Waals surface area contributed by atoms with E-state index >= 15 is 0 Å². The van der Waals surface area contributed by atoms with Crippen LogP contribution in [0.2, 0.25) is 0 Å². The van der Waals surface area contributed by atoms with Crippen molar-refractivity contribution in [2.45, 2.75) is 52.1 Å². The zero-order valence-corrected chi connectivity index (χ0v) is 9.09. The Morgan fingerprint density at radius 1 is 1.38 bits per heavy atom. The molecule has 2 nitrogen and oxygen atoms in total. The van der Waals surface area contributed by atoms with Crippen molar-refractivity contribution in [1.29, 1.82) is 0 Å². The van der Waals surface area contributed by atoms with Gasteiger partial charge in [-0.25, -0.2) is 0 Å². The number of nitrogens with one attached hydrogen (secondary N) is 1. The third-order valence-electron chi connectivity index (χ3n) is 3.20. The molecule has 78 valence electrons. The van der Waals surface area contributed by atoms with Crippen LogP contribution in [0.25, 0.3) is 0 Å². The molecule has 1 saturated carbocycles. The van der Waals surface area contributed by atoms with Gasteiger partial charge in [-0.3, -0.25) is 0 Å². The molecule has 1 aliphatic rings. The minimum absolute atomic E-state index is 0.249. The lowest BCUT2D eigenvalue weighted by atomic mass is 9.79. The van der Waals surface area contributed by atoms with Crippen LogP contribution in [0.5, 0.6) is 0 Å². The lowest BCUT2D eigenvalue weighted by Crippen LogP contribution is -2.44. The maximum absolute atomic E-state index is 8.94. The first kappa shape index (κ1) is 11.0. The van der Waals surface area contributed by atoms with Crippen molar-refractivity contribution >= 4 is 0 Å². The van der Waals surface area contributed by atoms with Crippen LogP contribution >= 0.6 is 0 Å². The van der Waals surface area contributed by atoms with E-state index in [0.29, 0.717) is 6.04 Å². The molecule has 0 aromatic heterocycles. The van der Waals surface area contributed by atoms with Crippen LogP contribution in [-0.2, 0) is 0 Å². The topological polar surface area (TPSA) is 32.3 Å². The highest BCUT2D eigenvalue weighted by atomic mass is 16.3. The summed E-state index contributed by atoms with van der Waals surface area (Å²) in [4.78, 5) is 0. The molecule has 0 spiro atoms. The highest BCUT2D eigenvalue weighted by Gasteiger charge is 2.25. The molecule has 0 amide bonds. The molecule has 13 heavy (non-hydrogen) atoms. The van der Waals surface area contributed by atoms with Gasteiger partial charge in [0, 0.05) is 12.1 Å². The van der Waals surface area contributed by atoms with Crippen molar-refractivity contribution in [3.63, 3.8) is 0 Å². The van der Waals surface area contributed by atoms with E-state index in [1.54, 1.807) is 0 Å². The number of rotatable bonds is 3. The molecule has 0 radical (unpaired) electrons. The van der Waals surface area contributed by atoms with Crippen LogP contribution in [0.15, 0.2) is 0 Å². The van der Waals surface area contributed by atoms with Crippen molar-refractivity contribution in [2.24, 2.45) is 11.8 Å². The summed E-state index contributed by atoms with van der Waals surface area (Å²) < 4.78 is 0. The van der Waals surface area contributed by atoms with Crippen molar-refractivity contribution in [3.05, 3.63) is 0 Å². The predicted octanol–water partition coefficient (Wildman–Crippen LogP) is 1.78. The molecule has 1 fully saturated rings. The van der Waals surface area contributed by atoms with Gasteiger partial charge in [-0.05, 0) is 38.0 Å². The first-order chi connectivity index (χ1) is 6.13. The third-order valence-corrected chi connectivity index (χ3v) is 3.20. The Morgan fingerprint density at radius 3 is 2.62 bits per heavy atom. The smallest absolute Gasteiger partial charge is 0.0582 e. The van der Waals surface area contributed by atoms with E-state index in [9.17, 15) is 0 Å². The summed E-state index contributed by atoms with van der Waals surface area (Å²) in [5.74, 6) is 1.65. The Morgan fingerprint density at radius 2 is 2.08 bits per heavy atom. The summed E-state index contributed by atoms with van der Waals surface area (Å²) in [6, 6.07) is 0.874. The van der Waals surface area contributed by atoms with Gasteiger partial charge >= 0.3 is 0 Å². The third kappa shape index (κ3) is 3.28. The second-order valence-electron chi connectivity index (χ2n) is 4.75. The standard InChI is InChI=1S/C11H23NO/c1-8-4-5-11(9(2)6-8)12-10(3)7-13/h8-13H,4-7H2,1-3H3/t8?,9?,10-,11?/m1/s1. The summed E-state index contributed by atoms with van der Waals surface area (Å²) in [6.07, 6.45) is 3.93. The molecule has 2 N–H and O–H groups in total. The second kappa shape index (κ2) is 4.97. The quantitative estimate of drug-likeness (QED) is 0.702. The van der Waals surface area contributed by atoms with Gasteiger partial charge in [-0.15, -0.1) is 0 Å². The van der Waals surface area contributed by atoms with Crippen molar-refractivity contribution in [1.82, 2.24) is 5.32 Å². The van der Waals surface area contributed by atoms with Gasteiger partial charge < -0.3 is 10.4 Å². The van der Waals surface area contributed by atoms with Crippen molar-refractivity contribution in [2.75, 3.05) is 6.61 Å². The fourth-order valence-corrected chi connectivity index (χ4v) is 2.33. The van der Waals surface area contributed by atoms with Crippen LogP contribution < -0.4 is 5.32 Å². The Balaban J connectivity index is 2.33. The molecule has 0 heterocycles. The van der Waals surface area contributed by atoms with Crippen molar-refractivity contribution < 1.29 is 5.11 Å². The fourth-order valence-electron chi connectivity index (χ4n) is 2.33. The molecule has 1 aliphatic carbocycles. The monoisotopic (exact) mass is 185 g/mol. The van der Waals surface area contributed by atoms with E-state index < -0.39 is 0 Å². The molecule has 0 aliphatic heterocycles. The van der Waals surface area contributed by atoms with E-state index in [-0.39, 0.29) is 12.6 Å². The second-order valence-corrected chi connectivity index (χ2v) is 4.75. The molecule has 3 unspecified atom stereocenters. The predicted molar refractivity (Wildman–Crippen MR) is 55.7 cm³/mol. The van der Waals surface area contributed by atoms with Gasteiger partial charge in [0.25, 0.3) is 0 Å². The van der Waals surface area contributed by atoms with Gasteiger partial charge in [0.15, 0.2) is 0 Å². The van der Waals surface area contributed by atoms with Gasteiger partial charge in [0.1, 0.15) is 0 Å². The maximum atomic E-state index is 8.94. The van der Waals surface area contributed by atoms with Gasteiger partial charge in [0.05, 0.1) is 6.61 Å². The Kier molecular flexibility index (Phi) is 4.20. The number of aliphatic hydroxyl groups excluding tert-OH is 1. The molecular formula is C11H23NO. The van der Waals surface area contributed by atoms with Gasteiger partial charge in [-0.1, -0.05) is 13.8 Å². The first-order valence-corrected chi connectivity index (χ1v) is 5.50. The number of hydrogen-bond donors (Lipinski definition) is 2. The summed E-state index contributed by atoms with van der Waals surface area (Å²) in [6.45, 7) is 6.95. The highest BCUT2D eigenvalue weighted by molar-refractivity contribution is 4.82. The largest absolute Gasteiger partial charge is 0.395 e. The van der Waals surface area contributed by atoms with Crippen LogP contribution in [0.4, 0.5) is 0 Å². The Bertz CT molecular complexity index is 149. The minimum Gasteiger partial charge on any atom is -0.395 e. The van der Waals surface area contributed by atoms with E-state index in [1.807, 2.05) is 6.92 Å². The maximum Gasteiger partial charge on any atom is 0.0582 e. The average Bonchev–Trinajstić information content (AvgIpc) is 2.09. The van der Waals surface area contributed by atoms with E-state index in [4.69, 9.17) is 5.11 Å². The lowest BCUT2D eigenvalue weighted by molar-refractivity contribution is 0.183. The molecule has 1 rings (SSSR count). The van der Waals surface area contributed by atoms with Crippen LogP contribution in [0, 0.1) is 11.8 Å². The molecular weight excluding hydrogens is 162 g/mol. The van der Waals surface area contributed by atoms with E-state index in [0.717, 1.165) is 11.8 Å². The zero-order chi connectivity index (χ0) is 9.84.